The van der Waals surface area contributed by atoms with E-state index >= 15 is 0 Å². The zero-order valence-corrected chi connectivity index (χ0v) is 11.8. The van der Waals surface area contributed by atoms with Crippen LogP contribution in [-0.4, -0.2) is 41.8 Å². The normalized spacial score (nSPS) is 30.7. The van der Waals surface area contributed by atoms with E-state index in [-0.39, 0.29) is 18.1 Å². The molecule has 0 saturated heterocycles. The van der Waals surface area contributed by atoms with Crippen LogP contribution >= 0.6 is 0 Å². The van der Waals surface area contributed by atoms with Crippen LogP contribution in [0.15, 0.2) is 0 Å². The van der Waals surface area contributed by atoms with Crippen molar-refractivity contribution < 1.29 is 9.90 Å². The first-order chi connectivity index (χ1) is 9.15. The monoisotopic (exact) mass is 266 g/mol. The number of amides is 2. The predicted octanol–water partition coefficient (Wildman–Crippen LogP) is 1.98. The zero-order chi connectivity index (χ0) is 13.4. The Morgan fingerprint density at radius 3 is 2.32 bits per heavy atom. The van der Waals surface area contributed by atoms with Crippen LogP contribution in [0.5, 0.6) is 0 Å². The van der Waals surface area contributed by atoms with Gasteiger partial charge in [0.15, 0.2) is 0 Å². The van der Waals surface area contributed by atoms with Crippen LogP contribution in [0.2, 0.25) is 0 Å². The summed E-state index contributed by atoms with van der Waals surface area (Å²) in [6.07, 6.45) is 7.96. The summed E-state index contributed by atoms with van der Waals surface area (Å²) in [6.45, 7) is 0.690. The van der Waals surface area contributed by atoms with Gasteiger partial charge in [-0.3, -0.25) is 0 Å². The average Bonchev–Trinajstić information content (AvgIpc) is 3.27. The highest BCUT2D eigenvalue weighted by atomic mass is 16.3. The van der Waals surface area contributed by atoms with Crippen molar-refractivity contribution in [2.75, 3.05) is 13.6 Å². The van der Waals surface area contributed by atoms with Crippen LogP contribution in [0.3, 0.4) is 0 Å². The summed E-state index contributed by atoms with van der Waals surface area (Å²) in [4.78, 5) is 14.0. The Kier molecular flexibility index (Phi) is 3.70. The number of carbonyl (C=O) groups is 1. The number of carbonyl (C=O) groups excluding carboxylic acids is 1. The molecule has 0 aromatic heterocycles. The van der Waals surface area contributed by atoms with Crippen molar-refractivity contribution >= 4 is 6.03 Å². The maximum atomic E-state index is 12.2. The van der Waals surface area contributed by atoms with Gasteiger partial charge in [0.25, 0.3) is 0 Å². The van der Waals surface area contributed by atoms with Crippen LogP contribution < -0.4 is 5.32 Å². The van der Waals surface area contributed by atoms with E-state index in [1.165, 1.54) is 25.7 Å². The SMILES string of the molecule is CN(CC1CCCC1O)C(=O)NC(C1CC1)C1CC1. The number of hydrogen-bond acceptors (Lipinski definition) is 2. The largest absolute Gasteiger partial charge is 0.393 e. The molecule has 4 nitrogen and oxygen atoms in total. The highest BCUT2D eigenvalue weighted by Gasteiger charge is 2.42. The Labute approximate surface area is 115 Å². The molecule has 0 aromatic rings. The lowest BCUT2D eigenvalue weighted by molar-refractivity contribution is 0.113. The first-order valence-electron chi connectivity index (χ1n) is 7.85. The molecule has 2 atom stereocenters. The number of rotatable bonds is 5. The first kappa shape index (κ1) is 13.2. The lowest BCUT2D eigenvalue weighted by Gasteiger charge is -2.26. The Hall–Kier alpha value is -0.770. The number of urea groups is 1. The van der Waals surface area contributed by atoms with Gasteiger partial charge in [-0.1, -0.05) is 6.42 Å². The topological polar surface area (TPSA) is 52.6 Å². The molecule has 0 spiro atoms. The van der Waals surface area contributed by atoms with E-state index in [1.807, 2.05) is 7.05 Å². The van der Waals surface area contributed by atoms with Gasteiger partial charge in [-0.15, -0.1) is 0 Å². The summed E-state index contributed by atoms with van der Waals surface area (Å²) in [7, 11) is 1.86. The molecule has 0 radical (unpaired) electrons. The quantitative estimate of drug-likeness (QED) is 0.799. The van der Waals surface area contributed by atoms with Crippen molar-refractivity contribution in [2.24, 2.45) is 17.8 Å². The number of aliphatic hydroxyl groups is 1. The van der Waals surface area contributed by atoms with Crippen molar-refractivity contribution in [3.63, 3.8) is 0 Å². The molecule has 2 amide bonds. The number of nitrogens with one attached hydrogen (secondary N) is 1. The highest BCUT2D eigenvalue weighted by Crippen LogP contribution is 2.44. The minimum absolute atomic E-state index is 0.0582. The zero-order valence-electron chi connectivity index (χ0n) is 11.8. The van der Waals surface area contributed by atoms with Crippen LogP contribution in [0.25, 0.3) is 0 Å². The van der Waals surface area contributed by atoms with Crippen molar-refractivity contribution in [1.82, 2.24) is 10.2 Å². The third-order valence-electron chi connectivity index (χ3n) is 5.02. The second-order valence-electron chi connectivity index (χ2n) is 6.79. The first-order valence-corrected chi connectivity index (χ1v) is 7.85. The molecule has 0 aliphatic heterocycles. The fourth-order valence-electron chi connectivity index (χ4n) is 3.45. The molecule has 3 fully saturated rings. The number of nitrogens with zero attached hydrogens (tertiary/aromatic N) is 1. The van der Waals surface area contributed by atoms with E-state index in [0.29, 0.717) is 12.6 Å². The van der Waals surface area contributed by atoms with Crippen molar-refractivity contribution in [1.29, 1.82) is 0 Å². The van der Waals surface area contributed by atoms with Gasteiger partial charge in [-0.05, 0) is 50.4 Å². The Morgan fingerprint density at radius 1 is 1.21 bits per heavy atom. The second kappa shape index (κ2) is 5.31. The molecule has 3 aliphatic rings. The molecule has 108 valence electrons. The maximum Gasteiger partial charge on any atom is 0.317 e. The summed E-state index contributed by atoms with van der Waals surface area (Å²) < 4.78 is 0. The molecule has 2 N–H and O–H groups in total. The lowest BCUT2D eigenvalue weighted by Crippen LogP contribution is -2.47. The van der Waals surface area contributed by atoms with Crippen LogP contribution in [0, 0.1) is 17.8 Å². The van der Waals surface area contributed by atoms with Gasteiger partial charge in [-0.2, -0.15) is 0 Å². The third kappa shape index (κ3) is 3.22. The summed E-state index contributed by atoms with van der Waals surface area (Å²) in [5, 5.41) is 13.1. The Bertz CT molecular complexity index is 327. The lowest BCUT2D eigenvalue weighted by atomic mass is 10.1. The second-order valence-corrected chi connectivity index (χ2v) is 6.79. The minimum Gasteiger partial charge on any atom is -0.393 e. The number of aliphatic hydroxyl groups excluding tert-OH is 1. The van der Waals surface area contributed by atoms with E-state index in [4.69, 9.17) is 0 Å². The van der Waals surface area contributed by atoms with Crippen LogP contribution in [0.1, 0.15) is 44.9 Å². The fourth-order valence-corrected chi connectivity index (χ4v) is 3.45. The fraction of sp³-hybridized carbons (Fsp3) is 0.933. The molecule has 0 aromatic carbocycles. The van der Waals surface area contributed by atoms with Crippen LogP contribution in [-0.2, 0) is 0 Å². The average molecular weight is 266 g/mol. The molecule has 3 rings (SSSR count). The van der Waals surface area contributed by atoms with E-state index in [2.05, 4.69) is 5.32 Å². The van der Waals surface area contributed by atoms with Gasteiger partial charge in [-0.25, -0.2) is 4.79 Å². The molecule has 0 heterocycles. The molecule has 19 heavy (non-hydrogen) atoms. The minimum atomic E-state index is -0.210. The molecular weight excluding hydrogens is 240 g/mol. The van der Waals surface area contributed by atoms with Gasteiger partial charge in [0.05, 0.1) is 6.10 Å². The molecule has 2 unspecified atom stereocenters. The van der Waals surface area contributed by atoms with E-state index in [1.54, 1.807) is 4.90 Å². The van der Waals surface area contributed by atoms with Crippen molar-refractivity contribution in [2.45, 2.75) is 57.1 Å². The van der Waals surface area contributed by atoms with Gasteiger partial charge < -0.3 is 15.3 Å². The number of hydrogen-bond donors (Lipinski definition) is 2. The summed E-state index contributed by atoms with van der Waals surface area (Å²) >= 11 is 0. The molecule has 3 aliphatic carbocycles. The molecule has 4 heteroatoms. The predicted molar refractivity (Wildman–Crippen MR) is 73.7 cm³/mol. The third-order valence-corrected chi connectivity index (χ3v) is 5.02. The van der Waals surface area contributed by atoms with Crippen molar-refractivity contribution in [3.05, 3.63) is 0 Å². The summed E-state index contributed by atoms with van der Waals surface area (Å²) in [6, 6.07) is 0.478. The molecule has 0 bridgehead atoms. The Morgan fingerprint density at radius 2 is 1.84 bits per heavy atom. The standard InChI is InChI=1S/C15H26N2O2/c1-17(9-12-3-2-4-13(12)18)15(19)16-14(10-5-6-10)11-7-8-11/h10-14,18H,2-9H2,1H3,(H,16,19). The maximum absolute atomic E-state index is 12.2. The van der Waals surface area contributed by atoms with E-state index in [0.717, 1.165) is 31.1 Å². The Balaban J connectivity index is 1.48. The molecule has 3 saturated carbocycles. The highest BCUT2D eigenvalue weighted by molar-refractivity contribution is 5.74. The van der Waals surface area contributed by atoms with Crippen molar-refractivity contribution in [3.8, 4) is 0 Å². The van der Waals surface area contributed by atoms with E-state index < -0.39 is 0 Å². The van der Waals surface area contributed by atoms with Gasteiger partial charge >= 0.3 is 6.03 Å². The van der Waals surface area contributed by atoms with Gasteiger partial charge in [0, 0.05) is 25.6 Å². The van der Waals surface area contributed by atoms with Gasteiger partial charge in [0.1, 0.15) is 0 Å². The summed E-state index contributed by atoms with van der Waals surface area (Å²) in [5.41, 5.74) is 0. The smallest absolute Gasteiger partial charge is 0.317 e. The van der Waals surface area contributed by atoms with Crippen LogP contribution in [0.4, 0.5) is 4.79 Å². The molecular formula is C15H26N2O2. The van der Waals surface area contributed by atoms with E-state index in [9.17, 15) is 9.90 Å². The van der Waals surface area contributed by atoms with Gasteiger partial charge in [0.2, 0.25) is 0 Å². The summed E-state index contributed by atoms with van der Waals surface area (Å²) in [5.74, 6) is 1.75.